The fourth-order valence-corrected chi connectivity index (χ4v) is 2.39. The van der Waals surface area contributed by atoms with Crippen LogP contribution in [0.1, 0.15) is 57.4 Å². The van der Waals surface area contributed by atoms with E-state index in [0.717, 1.165) is 17.8 Å². The topological polar surface area (TPSA) is 24.9 Å². The largest absolute Gasteiger partial charge is 0.316 e. The standard InChI is InChI=1S/C18H26N2/c1-12(2)13-7-8-16-15(9-13)14(11-19-6)10-17(20-16)18(3,4)5/h7-10,12,19H,11H2,1-6H3. The molecule has 0 saturated heterocycles. The molecule has 0 aliphatic rings. The quantitative estimate of drug-likeness (QED) is 0.895. The van der Waals surface area contributed by atoms with Crippen LogP contribution in [-0.2, 0) is 12.0 Å². The Morgan fingerprint density at radius 2 is 1.85 bits per heavy atom. The van der Waals surface area contributed by atoms with Crippen molar-refractivity contribution in [3.05, 3.63) is 41.1 Å². The van der Waals surface area contributed by atoms with Crippen molar-refractivity contribution >= 4 is 10.9 Å². The normalized spacial score (nSPS) is 12.3. The second-order valence-corrected chi connectivity index (χ2v) is 6.88. The van der Waals surface area contributed by atoms with Gasteiger partial charge in [0.15, 0.2) is 0 Å². The van der Waals surface area contributed by atoms with E-state index in [1.54, 1.807) is 0 Å². The monoisotopic (exact) mass is 270 g/mol. The molecule has 0 radical (unpaired) electrons. The summed E-state index contributed by atoms with van der Waals surface area (Å²) in [6, 6.07) is 8.92. The molecule has 0 saturated carbocycles. The van der Waals surface area contributed by atoms with Gasteiger partial charge in [0.2, 0.25) is 0 Å². The molecule has 0 unspecified atom stereocenters. The number of rotatable bonds is 3. The van der Waals surface area contributed by atoms with Crippen LogP contribution in [0.25, 0.3) is 10.9 Å². The summed E-state index contributed by atoms with van der Waals surface area (Å²) in [4.78, 5) is 4.86. The molecule has 2 aromatic rings. The highest BCUT2D eigenvalue weighted by Gasteiger charge is 2.18. The molecule has 0 spiro atoms. The van der Waals surface area contributed by atoms with Crippen molar-refractivity contribution in [3.63, 3.8) is 0 Å². The molecule has 0 aliphatic carbocycles. The molecule has 0 bridgehead atoms. The van der Waals surface area contributed by atoms with Crippen LogP contribution in [0.2, 0.25) is 0 Å². The van der Waals surface area contributed by atoms with Crippen LogP contribution in [0, 0.1) is 0 Å². The van der Waals surface area contributed by atoms with Crippen molar-refractivity contribution in [2.24, 2.45) is 0 Å². The highest BCUT2D eigenvalue weighted by Crippen LogP contribution is 2.28. The van der Waals surface area contributed by atoms with Gasteiger partial charge < -0.3 is 5.32 Å². The zero-order valence-electron chi connectivity index (χ0n) is 13.5. The summed E-state index contributed by atoms with van der Waals surface area (Å²) in [5.41, 5.74) is 5.05. The van der Waals surface area contributed by atoms with Gasteiger partial charge in [0.05, 0.1) is 5.52 Å². The highest BCUT2D eigenvalue weighted by atomic mass is 14.8. The molecule has 1 aromatic carbocycles. The number of hydrogen-bond acceptors (Lipinski definition) is 2. The maximum Gasteiger partial charge on any atom is 0.0709 e. The average molecular weight is 270 g/mol. The summed E-state index contributed by atoms with van der Waals surface area (Å²) >= 11 is 0. The van der Waals surface area contributed by atoms with Gasteiger partial charge in [-0.3, -0.25) is 4.98 Å². The number of fused-ring (bicyclic) bond motifs is 1. The van der Waals surface area contributed by atoms with Crippen molar-refractivity contribution in [1.82, 2.24) is 10.3 Å². The van der Waals surface area contributed by atoms with Gasteiger partial charge >= 0.3 is 0 Å². The third-order valence-corrected chi connectivity index (χ3v) is 3.72. The Morgan fingerprint density at radius 1 is 1.15 bits per heavy atom. The first-order valence-corrected chi connectivity index (χ1v) is 7.41. The van der Waals surface area contributed by atoms with Gasteiger partial charge in [-0.05, 0) is 42.3 Å². The van der Waals surface area contributed by atoms with E-state index in [1.165, 1.54) is 16.5 Å². The molecule has 20 heavy (non-hydrogen) atoms. The van der Waals surface area contributed by atoms with Gasteiger partial charge in [0.25, 0.3) is 0 Å². The maximum atomic E-state index is 4.86. The molecule has 2 nitrogen and oxygen atoms in total. The van der Waals surface area contributed by atoms with Crippen molar-refractivity contribution < 1.29 is 0 Å². The Hall–Kier alpha value is -1.41. The molecule has 1 aromatic heterocycles. The van der Waals surface area contributed by atoms with Crippen molar-refractivity contribution in [1.29, 1.82) is 0 Å². The van der Waals surface area contributed by atoms with E-state index in [4.69, 9.17) is 4.98 Å². The third kappa shape index (κ3) is 3.01. The lowest BCUT2D eigenvalue weighted by Gasteiger charge is -2.20. The van der Waals surface area contributed by atoms with E-state index in [0.29, 0.717) is 5.92 Å². The lowest BCUT2D eigenvalue weighted by atomic mass is 9.89. The minimum absolute atomic E-state index is 0.0768. The zero-order valence-corrected chi connectivity index (χ0v) is 13.5. The first-order chi connectivity index (χ1) is 9.32. The number of pyridine rings is 1. The van der Waals surface area contributed by atoms with Gasteiger partial charge in [0, 0.05) is 23.0 Å². The first kappa shape index (κ1) is 15.0. The summed E-state index contributed by atoms with van der Waals surface area (Å²) < 4.78 is 0. The van der Waals surface area contributed by atoms with Gasteiger partial charge in [-0.1, -0.05) is 40.7 Å². The number of nitrogens with one attached hydrogen (secondary N) is 1. The predicted molar refractivity (Wildman–Crippen MR) is 87.3 cm³/mol. The molecule has 0 amide bonds. The van der Waals surface area contributed by atoms with Crippen LogP contribution in [0.3, 0.4) is 0 Å². The molecular weight excluding hydrogens is 244 g/mol. The first-order valence-electron chi connectivity index (χ1n) is 7.41. The Morgan fingerprint density at radius 3 is 2.40 bits per heavy atom. The molecule has 0 fully saturated rings. The number of aromatic nitrogens is 1. The van der Waals surface area contributed by atoms with Gasteiger partial charge in [-0.15, -0.1) is 0 Å². The molecule has 1 heterocycles. The van der Waals surface area contributed by atoms with E-state index in [-0.39, 0.29) is 5.41 Å². The van der Waals surface area contributed by atoms with E-state index in [1.807, 2.05) is 7.05 Å². The smallest absolute Gasteiger partial charge is 0.0709 e. The molecule has 108 valence electrons. The summed E-state index contributed by atoms with van der Waals surface area (Å²) in [6.45, 7) is 12.0. The second-order valence-electron chi connectivity index (χ2n) is 6.88. The van der Waals surface area contributed by atoms with Crippen LogP contribution in [0.15, 0.2) is 24.3 Å². The van der Waals surface area contributed by atoms with Gasteiger partial charge in [-0.2, -0.15) is 0 Å². The van der Waals surface area contributed by atoms with Crippen molar-refractivity contribution in [3.8, 4) is 0 Å². The molecule has 2 rings (SSSR count). The van der Waals surface area contributed by atoms with Crippen LogP contribution in [0.4, 0.5) is 0 Å². The maximum absolute atomic E-state index is 4.86. The predicted octanol–water partition coefficient (Wildman–Crippen LogP) is 4.38. The molecule has 1 N–H and O–H groups in total. The van der Waals surface area contributed by atoms with Crippen LogP contribution < -0.4 is 5.32 Å². The minimum atomic E-state index is 0.0768. The molecule has 0 atom stereocenters. The van der Waals surface area contributed by atoms with Crippen molar-refractivity contribution in [2.75, 3.05) is 7.05 Å². The fourth-order valence-electron chi connectivity index (χ4n) is 2.39. The molecule has 2 heteroatoms. The SMILES string of the molecule is CNCc1cc(C(C)(C)C)nc2ccc(C(C)C)cc12. The van der Waals surface area contributed by atoms with E-state index >= 15 is 0 Å². The summed E-state index contributed by atoms with van der Waals surface area (Å²) in [5.74, 6) is 0.545. The third-order valence-electron chi connectivity index (χ3n) is 3.72. The molecule has 0 aliphatic heterocycles. The van der Waals surface area contributed by atoms with E-state index in [2.05, 4.69) is 64.2 Å². The summed E-state index contributed by atoms with van der Waals surface area (Å²) in [5, 5.41) is 4.55. The lowest BCUT2D eigenvalue weighted by molar-refractivity contribution is 0.570. The number of hydrogen-bond donors (Lipinski definition) is 1. The summed E-state index contributed by atoms with van der Waals surface area (Å²) in [6.07, 6.45) is 0. The fraction of sp³-hybridized carbons (Fsp3) is 0.500. The zero-order chi connectivity index (χ0) is 14.9. The van der Waals surface area contributed by atoms with Crippen LogP contribution in [-0.4, -0.2) is 12.0 Å². The Balaban J connectivity index is 2.68. The molecular formula is C18H26N2. The van der Waals surface area contributed by atoms with Crippen LogP contribution in [0.5, 0.6) is 0 Å². The van der Waals surface area contributed by atoms with Gasteiger partial charge in [0.1, 0.15) is 0 Å². The summed E-state index contributed by atoms with van der Waals surface area (Å²) in [7, 11) is 2.00. The average Bonchev–Trinajstić information content (AvgIpc) is 2.37. The van der Waals surface area contributed by atoms with E-state index in [9.17, 15) is 0 Å². The lowest BCUT2D eigenvalue weighted by Crippen LogP contribution is -2.15. The number of nitrogens with zero attached hydrogens (tertiary/aromatic N) is 1. The van der Waals surface area contributed by atoms with Crippen molar-refractivity contribution in [2.45, 2.75) is 52.5 Å². The Kier molecular flexibility index (Phi) is 4.14. The number of benzene rings is 1. The highest BCUT2D eigenvalue weighted by molar-refractivity contribution is 5.83. The Bertz CT molecular complexity index is 607. The van der Waals surface area contributed by atoms with Gasteiger partial charge in [-0.25, -0.2) is 0 Å². The second kappa shape index (κ2) is 5.53. The van der Waals surface area contributed by atoms with E-state index < -0.39 is 0 Å². The van der Waals surface area contributed by atoms with Crippen LogP contribution >= 0.6 is 0 Å². The minimum Gasteiger partial charge on any atom is -0.316 e. The Labute approximate surface area is 122 Å².